The molecule has 1 fully saturated rings. The Bertz CT molecular complexity index is 197. The molecular formula is C10H18F3NO. The quantitative estimate of drug-likeness (QED) is 0.796. The van der Waals surface area contributed by atoms with Crippen molar-refractivity contribution in [1.82, 2.24) is 5.32 Å². The normalized spacial score (nSPS) is 33.0. The highest BCUT2D eigenvalue weighted by Crippen LogP contribution is 2.45. The highest BCUT2D eigenvalue weighted by Gasteiger charge is 2.56. The van der Waals surface area contributed by atoms with Crippen LogP contribution in [0.3, 0.4) is 0 Å². The Morgan fingerprint density at radius 1 is 1.33 bits per heavy atom. The van der Waals surface area contributed by atoms with E-state index < -0.39 is 11.8 Å². The van der Waals surface area contributed by atoms with E-state index >= 15 is 0 Å². The largest absolute Gasteiger partial charge is 0.417 e. The summed E-state index contributed by atoms with van der Waals surface area (Å²) in [6.07, 6.45) is -2.92. The van der Waals surface area contributed by atoms with E-state index in [-0.39, 0.29) is 12.8 Å². The van der Waals surface area contributed by atoms with E-state index in [1.165, 1.54) is 0 Å². The maximum absolute atomic E-state index is 12.8. The summed E-state index contributed by atoms with van der Waals surface area (Å²) in [5.41, 5.74) is -1.89. The Balaban J connectivity index is 2.59. The molecule has 0 unspecified atom stereocenters. The Morgan fingerprint density at radius 3 is 2.20 bits per heavy atom. The van der Waals surface area contributed by atoms with Crippen molar-refractivity contribution < 1.29 is 17.9 Å². The van der Waals surface area contributed by atoms with Gasteiger partial charge in [0.05, 0.1) is 0 Å². The van der Waals surface area contributed by atoms with Crippen LogP contribution in [0.25, 0.3) is 0 Å². The van der Waals surface area contributed by atoms with Crippen LogP contribution in [-0.4, -0.2) is 32.5 Å². The minimum Gasteiger partial charge on any atom is -0.369 e. The molecule has 0 atom stereocenters. The van der Waals surface area contributed by atoms with Gasteiger partial charge in [0.25, 0.3) is 0 Å². The summed E-state index contributed by atoms with van der Waals surface area (Å²) in [7, 11) is 2.98. The number of rotatable bonds is 3. The van der Waals surface area contributed by atoms with Gasteiger partial charge in [0.2, 0.25) is 0 Å². The zero-order chi connectivity index (χ0) is 11.5. The molecule has 1 aliphatic rings. The highest BCUT2D eigenvalue weighted by molar-refractivity contribution is 4.93. The SMILES string of the molecule is CNCC1CCC(OC)(C(F)(F)F)CC1. The molecule has 1 saturated carbocycles. The van der Waals surface area contributed by atoms with E-state index in [0.717, 1.165) is 13.7 Å². The van der Waals surface area contributed by atoms with Crippen molar-refractivity contribution in [3.05, 3.63) is 0 Å². The van der Waals surface area contributed by atoms with Crippen LogP contribution in [0.1, 0.15) is 25.7 Å². The lowest BCUT2D eigenvalue weighted by Crippen LogP contribution is -2.50. The minimum absolute atomic E-state index is 0.0827. The van der Waals surface area contributed by atoms with E-state index in [1.54, 1.807) is 0 Å². The van der Waals surface area contributed by atoms with Gasteiger partial charge in [-0.3, -0.25) is 0 Å². The molecule has 0 amide bonds. The van der Waals surface area contributed by atoms with Crippen LogP contribution < -0.4 is 5.32 Å². The van der Waals surface area contributed by atoms with Crippen LogP contribution in [-0.2, 0) is 4.74 Å². The minimum atomic E-state index is -4.24. The summed E-state index contributed by atoms with van der Waals surface area (Å²) in [5.74, 6) is 0.348. The molecule has 0 aromatic heterocycles. The van der Waals surface area contributed by atoms with Crippen molar-refractivity contribution in [2.24, 2.45) is 5.92 Å². The zero-order valence-corrected chi connectivity index (χ0v) is 9.16. The first-order chi connectivity index (χ1) is 6.95. The van der Waals surface area contributed by atoms with Crippen LogP contribution >= 0.6 is 0 Å². The van der Waals surface area contributed by atoms with E-state index in [4.69, 9.17) is 4.74 Å². The molecule has 5 heteroatoms. The third kappa shape index (κ3) is 2.64. The number of halogens is 3. The molecule has 0 saturated heterocycles. The Morgan fingerprint density at radius 2 is 1.87 bits per heavy atom. The molecule has 0 spiro atoms. The lowest BCUT2D eigenvalue weighted by atomic mass is 9.78. The molecule has 0 aromatic carbocycles. The fraction of sp³-hybridized carbons (Fsp3) is 1.00. The maximum Gasteiger partial charge on any atom is 0.417 e. The molecule has 0 radical (unpaired) electrons. The fourth-order valence-electron chi connectivity index (χ4n) is 2.24. The summed E-state index contributed by atoms with van der Waals surface area (Å²) < 4.78 is 43.0. The summed E-state index contributed by atoms with van der Waals surface area (Å²) in [6.45, 7) is 0.789. The topological polar surface area (TPSA) is 21.3 Å². The maximum atomic E-state index is 12.8. The van der Waals surface area contributed by atoms with Gasteiger partial charge in [-0.1, -0.05) is 0 Å². The summed E-state index contributed by atoms with van der Waals surface area (Å²) in [6, 6.07) is 0. The second-order valence-corrected chi connectivity index (χ2v) is 4.20. The van der Waals surface area contributed by atoms with Crippen molar-refractivity contribution >= 4 is 0 Å². The Hall–Kier alpha value is -0.290. The van der Waals surface area contributed by atoms with Gasteiger partial charge in [0.15, 0.2) is 5.60 Å². The van der Waals surface area contributed by atoms with Gasteiger partial charge >= 0.3 is 6.18 Å². The van der Waals surface area contributed by atoms with Crippen molar-refractivity contribution in [1.29, 1.82) is 0 Å². The predicted molar refractivity (Wildman–Crippen MR) is 51.7 cm³/mol. The lowest BCUT2D eigenvalue weighted by Gasteiger charge is -2.40. The molecule has 0 bridgehead atoms. The molecular weight excluding hydrogens is 207 g/mol. The van der Waals surface area contributed by atoms with Crippen LogP contribution in [0.4, 0.5) is 13.2 Å². The summed E-state index contributed by atoms with van der Waals surface area (Å²) in [5, 5.41) is 3.00. The van der Waals surface area contributed by atoms with Gasteiger partial charge in [-0.05, 0) is 45.2 Å². The van der Waals surface area contributed by atoms with E-state index in [0.29, 0.717) is 18.8 Å². The predicted octanol–water partition coefficient (Wildman–Crippen LogP) is 2.34. The van der Waals surface area contributed by atoms with E-state index in [9.17, 15) is 13.2 Å². The zero-order valence-electron chi connectivity index (χ0n) is 9.16. The number of nitrogens with one attached hydrogen (secondary N) is 1. The molecule has 15 heavy (non-hydrogen) atoms. The van der Waals surface area contributed by atoms with Gasteiger partial charge in [-0.25, -0.2) is 0 Å². The smallest absolute Gasteiger partial charge is 0.369 e. The van der Waals surface area contributed by atoms with Gasteiger partial charge in [0.1, 0.15) is 0 Å². The molecule has 1 rings (SSSR count). The second-order valence-electron chi connectivity index (χ2n) is 4.20. The molecule has 1 aliphatic carbocycles. The van der Waals surface area contributed by atoms with Gasteiger partial charge in [-0.15, -0.1) is 0 Å². The van der Waals surface area contributed by atoms with Gasteiger partial charge < -0.3 is 10.1 Å². The third-order valence-electron chi connectivity index (χ3n) is 3.31. The van der Waals surface area contributed by atoms with Crippen LogP contribution in [0.5, 0.6) is 0 Å². The molecule has 90 valence electrons. The monoisotopic (exact) mass is 225 g/mol. The summed E-state index contributed by atoms with van der Waals surface area (Å²) in [4.78, 5) is 0. The number of alkyl halides is 3. The average molecular weight is 225 g/mol. The van der Waals surface area contributed by atoms with Crippen LogP contribution in [0, 0.1) is 5.92 Å². The van der Waals surface area contributed by atoms with Crippen LogP contribution in [0.2, 0.25) is 0 Å². The first-order valence-electron chi connectivity index (χ1n) is 5.21. The van der Waals surface area contributed by atoms with Crippen molar-refractivity contribution in [2.45, 2.75) is 37.5 Å². The number of hydrogen-bond acceptors (Lipinski definition) is 2. The third-order valence-corrected chi connectivity index (χ3v) is 3.31. The number of ether oxygens (including phenoxy) is 1. The second kappa shape index (κ2) is 4.70. The molecule has 0 aromatic rings. The Kier molecular flexibility index (Phi) is 4.00. The molecule has 2 nitrogen and oxygen atoms in total. The first-order valence-corrected chi connectivity index (χ1v) is 5.21. The highest BCUT2D eigenvalue weighted by atomic mass is 19.4. The van der Waals surface area contributed by atoms with Crippen molar-refractivity contribution in [2.75, 3.05) is 20.7 Å². The number of methoxy groups -OCH3 is 1. The van der Waals surface area contributed by atoms with Crippen molar-refractivity contribution in [3.63, 3.8) is 0 Å². The molecule has 1 N–H and O–H groups in total. The van der Waals surface area contributed by atoms with Gasteiger partial charge in [-0.2, -0.15) is 13.2 Å². The standard InChI is InChI=1S/C10H18F3NO/c1-14-7-8-3-5-9(15-2,6-4-8)10(11,12)13/h8,14H,3-7H2,1-2H3. The first kappa shape index (κ1) is 12.8. The number of hydrogen-bond donors (Lipinski definition) is 1. The average Bonchev–Trinajstić information content (AvgIpc) is 2.18. The molecule has 0 aliphatic heterocycles. The fourth-order valence-corrected chi connectivity index (χ4v) is 2.24. The van der Waals surface area contributed by atoms with E-state index in [2.05, 4.69) is 5.32 Å². The Labute approximate surface area is 88.2 Å². The van der Waals surface area contributed by atoms with Gasteiger partial charge in [0, 0.05) is 7.11 Å². The van der Waals surface area contributed by atoms with Crippen LogP contribution in [0.15, 0.2) is 0 Å². The summed E-state index contributed by atoms with van der Waals surface area (Å²) >= 11 is 0. The lowest BCUT2D eigenvalue weighted by molar-refractivity contribution is -0.281. The molecule has 0 heterocycles. The van der Waals surface area contributed by atoms with Crippen molar-refractivity contribution in [3.8, 4) is 0 Å². The van der Waals surface area contributed by atoms with E-state index in [1.807, 2.05) is 7.05 Å².